The van der Waals surface area contributed by atoms with Gasteiger partial charge in [-0.2, -0.15) is 0 Å². The zero-order chi connectivity index (χ0) is 19.8. The highest BCUT2D eigenvalue weighted by Crippen LogP contribution is 2.37. The van der Waals surface area contributed by atoms with Crippen molar-refractivity contribution in [2.24, 2.45) is 10.9 Å². The molecule has 0 unspecified atom stereocenters. The number of piperidine rings is 1. The highest BCUT2D eigenvalue weighted by Gasteiger charge is 2.37. The minimum atomic E-state index is -0.208. The first-order valence-corrected chi connectivity index (χ1v) is 10.7. The molecule has 152 valence electrons. The van der Waals surface area contributed by atoms with Crippen molar-refractivity contribution in [2.75, 3.05) is 33.2 Å². The largest absolute Gasteiger partial charge is 0.460 e. The van der Waals surface area contributed by atoms with Gasteiger partial charge in [0.15, 0.2) is 0 Å². The van der Waals surface area contributed by atoms with Crippen molar-refractivity contribution >= 4 is 6.02 Å². The summed E-state index contributed by atoms with van der Waals surface area (Å²) in [5, 5.41) is 0. The van der Waals surface area contributed by atoms with Crippen LogP contribution in [0, 0.1) is 11.7 Å². The average Bonchev–Trinajstić information content (AvgIpc) is 3.24. The summed E-state index contributed by atoms with van der Waals surface area (Å²) >= 11 is 0. The van der Waals surface area contributed by atoms with Gasteiger partial charge in [-0.3, -0.25) is 0 Å². The maximum Gasteiger partial charge on any atom is 0.288 e. The van der Waals surface area contributed by atoms with E-state index in [2.05, 4.69) is 41.1 Å². The van der Waals surface area contributed by atoms with Crippen LogP contribution in [-0.2, 0) is 11.2 Å². The van der Waals surface area contributed by atoms with Crippen LogP contribution >= 0.6 is 0 Å². The number of hydrogen-bond donors (Lipinski definition) is 0. The second-order valence-corrected chi connectivity index (χ2v) is 8.54. The molecule has 3 heterocycles. The summed E-state index contributed by atoms with van der Waals surface area (Å²) in [5.74, 6) is 0.330. The molecule has 5 heteroatoms. The molecule has 0 bridgehead atoms. The fourth-order valence-corrected chi connectivity index (χ4v) is 5.07. The van der Waals surface area contributed by atoms with Crippen LogP contribution in [0.25, 0.3) is 0 Å². The zero-order valence-corrected chi connectivity index (χ0v) is 16.9. The predicted molar refractivity (Wildman–Crippen MR) is 112 cm³/mol. The van der Waals surface area contributed by atoms with Crippen LogP contribution in [0.3, 0.4) is 0 Å². The SMILES string of the molecule is CN1CCC[C@H]([C@@H]2CN=C(N3CCc4ccccc4[C@@H]3c3ccc(F)cc3)O2)C1. The number of benzene rings is 2. The minimum Gasteiger partial charge on any atom is -0.460 e. The van der Waals surface area contributed by atoms with E-state index in [1.54, 1.807) is 12.1 Å². The number of likely N-dealkylation sites (tertiary alicyclic amines) is 1. The summed E-state index contributed by atoms with van der Waals surface area (Å²) in [5.41, 5.74) is 3.69. The summed E-state index contributed by atoms with van der Waals surface area (Å²) in [4.78, 5) is 9.51. The van der Waals surface area contributed by atoms with Gasteiger partial charge in [0.1, 0.15) is 11.9 Å². The number of fused-ring (bicyclic) bond motifs is 1. The number of nitrogens with zero attached hydrogens (tertiary/aromatic N) is 3. The molecule has 3 aliphatic heterocycles. The first kappa shape index (κ1) is 18.6. The number of ether oxygens (including phenoxy) is 1. The van der Waals surface area contributed by atoms with Crippen LogP contribution in [0.1, 0.15) is 35.6 Å². The molecular formula is C24H28FN3O. The van der Waals surface area contributed by atoms with Gasteiger partial charge in [0, 0.05) is 19.0 Å². The monoisotopic (exact) mass is 393 g/mol. The van der Waals surface area contributed by atoms with Crippen LogP contribution < -0.4 is 0 Å². The van der Waals surface area contributed by atoms with Gasteiger partial charge in [-0.1, -0.05) is 36.4 Å². The van der Waals surface area contributed by atoms with Gasteiger partial charge in [-0.15, -0.1) is 0 Å². The molecule has 5 rings (SSSR count). The van der Waals surface area contributed by atoms with Gasteiger partial charge in [0.05, 0.1) is 12.6 Å². The second-order valence-electron chi connectivity index (χ2n) is 8.54. The number of aliphatic imine (C=N–C) groups is 1. The molecule has 0 saturated carbocycles. The molecule has 0 spiro atoms. The van der Waals surface area contributed by atoms with E-state index < -0.39 is 0 Å². The fraction of sp³-hybridized carbons (Fsp3) is 0.458. The van der Waals surface area contributed by atoms with Crippen molar-refractivity contribution < 1.29 is 9.13 Å². The quantitative estimate of drug-likeness (QED) is 0.775. The Morgan fingerprint density at radius 2 is 1.90 bits per heavy atom. The average molecular weight is 394 g/mol. The van der Waals surface area contributed by atoms with Crippen molar-refractivity contribution in [2.45, 2.75) is 31.4 Å². The standard InChI is InChI=1S/C24H28FN3O/c1-27-13-4-6-19(16-27)22-15-26-24(29-22)28-14-12-17-5-2-3-7-21(17)23(28)18-8-10-20(25)11-9-18/h2-3,5,7-11,19,22-23H,4,6,12-16H2,1H3/t19-,22-,23-/m0/s1. The molecule has 0 radical (unpaired) electrons. The van der Waals surface area contributed by atoms with Gasteiger partial charge >= 0.3 is 0 Å². The van der Waals surface area contributed by atoms with Crippen LogP contribution in [0.2, 0.25) is 0 Å². The van der Waals surface area contributed by atoms with Crippen molar-refractivity contribution in [1.82, 2.24) is 9.80 Å². The lowest BCUT2D eigenvalue weighted by atomic mass is 9.88. The van der Waals surface area contributed by atoms with Gasteiger partial charge in [-0.25, -0.2) is 9.38 Å². The second kappa shape index (κ2) is 7.79. The third-order valence-electron chi connectivity index (χ3n) is 6.56. The van der Waals surface area contributed by atoms with E-state index in [1.807, 2.05) is 12.1 Å². The Hall–Kier alpha value is -2.40. The van der Waals surface area contributed by atoms with Gasteiger partial charge < -0.3 is 14.5 Å². The normalized spacial score (nSPS) is 27.3. The molecule has 0 N–H and O–H groups in total. The summed E-state index contributed by atoms with van der Waals surface area (Å²) in [6, 6.07) is 16.2. The first-order chi connectivity index (χ1) is 14.2. The van der Waals surface area contributed by atoms with E-state index in [-0.39, 0.29) is 18.0 Å². The summed E-state index contributed by atoms with van der Waals surface area (Å²) in [7, 11) is 2.19. The molecule has 0 aromatic heterocycles. The van der Waals surface area contributed by atoms with Crippen LogP contribution in [-0.4, -0.2) is 55.2 Å². The smallest absolute Gasteiger partial charge is 0.288 e. The minimum absolute atomic E-state index is 0.00656. The Balaban J connectivity index is 1.42. The van der Waals surface area contributed by atoms with Gasteiger partial charge in [-0.05, 0) is 61.7 Å². The Morgan fingerprint density at radius 1 is 1.07 bits per heavy atom. The molecule has 1 fully saturated rings. The topological polar surface area (TPSA) is 28.1 Å². The summed E-state index contributed by atoms with van der Waals surface area (Å²) in [6.07, 6.45) is 3.57. The molecule has 0 aliphatic carbocycles. The first-order valence-electron chi connectivity index (χ1n) is 10.7. The Labute approximate surface area is 172 Å². The Kier molecular flexibility index (Phi) is 5.00. The van der Waals surface area contributed by atoms with Crippen molar-refractivity contribution in [3.8, 4) is 0 Å². The molecular weight excluding hydrogens is 365 g/mol. The van der Waals surface area contributed by atoms with E-state index in [0.29, 0.717) is 5.92 Å². The molecule has 4 nitrogen and oxygen atoms in total. The lowest BCUT2D eigenvalue weighted by Crippen LogP contribution is -2.43. The van der Waals surface area contributed by atoms with Crippen molar-refractivity contribution in [1.29, 1.82) is 0 Å². The Bertz CT molecular complexity index is 897. The van der Waals surface area contributed by atoms with Gasteiger partial charge in [0.25, 0.3) is 6.02 Å². The maximum atomic E-state index is 13.6. The molecule has 3 atom stereocenters. The number of halogens is 1. The van der Waals surface area contributed by atoms with Crippen molar-refractivity contribution in [3.05, 3.63) is 71.0 Å². The molecule has 2 aromatic carbocycles. The molecule has 2 aromatic rings. The molecule has 1 saturated heterocycles. The fourth-order valence-electron chi connectivity index (χ4n) is 5.07. The van der Waals surface area contributed by atoms with E-state index in [1.165, 1.54) is 30.5 Å². The summed E-state index contributed by atoms with van der Waals surface area (Å²) in [6.45, 7) is 3.85. The van der Waals surface area contributed by atoms with Crippen LogP contribution in [0.15, 0.2) is 53.5 Å². The van der Waals surface area contributed by atoms with E-state index in [4.69, 9.17) is 9.73 Å². The number of rotatable bonds is 2. The maximum absolute atomic E-state index is 13.6. The summed E-state index contributed by atoms with van der Waals surface area (Å²) < 4.78 is 20.0. The number of amidine groups is 1. The lowest BCUT2D eigenvalue weighted by molar-refractivity contribution is 0.0732. The zero-order valence-electron chi connectivity index (χ0n) is 16.9. The predicted octanol–water partition coefficient (Wildman–Crippen LogP) is 3.87. The molecule has 0 amide bonds. The van der Waals surface area contributed by atoms with E-state index in [9.17, 15) is 4.39 Å². The van der Waals surface area contributed by atoms with Crippen molar-refractivity contribution in [3.63, 3.8) is 0 Å². The third kappa shape index (κ3) is 3.64. The van der Waals surface area contributed by atoms with E-state index >= 15 is 0 Å². The highest BCUT2D eigenvalue weighted by molar-refractivity contribution is 5.77. The van der Waals surface area contributed by atoms with E-state index in [0.717, 1.165) is 37.6 Å². The highest BCUT2D eigenvalue weighted by atomic mass is 19.1. The third-order valence-corrected chi connectivity index (χ3v) is 6.56. The van der Waals surface area contributed by atoms with Gasteiger partial charge in [0.2, 0.25) is 0 Å². The lowest BCUT2D eigenvalue weighted by Gasteiger charge is -2.39. The van der Waals surface area contributed by atoms with Crippen LogP contribution in [0.5, 0.6) is 0 Å². The Morgan fingerprint density at radius 3 is 2.72 bits per heavy atom. The number of hydrogen-bond acceptors (Lipinski definition) is 4. The molecule has 29 heavy (non-hydrogen) atoms. The van der Waals surface area contributed by atoms with Crippen LogP contribution in [0.4, 0.5) is 4.39 Å². The molecule has 3 aliphatic rings.